The number of hydrogen-bond acceptors (Lipinski definition) is 6. The molecule has 0 amide bonds. The van der Waals surface area contributed by atoms with E-state index in [0.29, 0.717) is 0 Å². The van der Waals surface area contributed by atoms with Crippen molar-refractivity contribution in [1.29, 1.82) is 0 Å². The number of anilines is 1. The van der Waals surface area contributed by atoms with Crippen molar-refractivity contribution in [2.24, 2.45) is 7.05 Å². The van der Waals surface area contributed by atoms with Gasteiger partial charge in [-0.2, -0.15) is 0 Å². The van der Waals surface area contributed by atoms with Crippen LogP contribution in [0, 0.1) is 0 Å². The Bertz CT molecular complexity index is 1280. The third kappa shape index (κ3) is 4.70. The lowest BCUT2D eigenvalue weighted by atomic mass is 10.1. The fraction of sp³-hybridized carbons (Fsp3) is 0.143. The average Bonchev–Trinajstić information content (AvgIpc) is 2.76. The van der Waals surface area contributed by atoms with Crippen molar-refractivity contribution in [2.75, 3.05) is 12.3 Å². The van der Waals surface area contributed by atoms with Gasteiger partial charge >= 0.3 is 11.7 Å². The van der Waals surface area contributed by atoms with Gasteiger partial charge in [-0.15, -0.1) is 0 Å². The molecule has 2 aromatic carbocycles. The summed E-state index contributed by atoms with van der Waals surface area (Å²) in [5.41, 5.74) is 4.87. The van der Waals surface area contributed by atoms with Crippen LogP contribution in [-0.2, 0) is 18.3 Å². The van der Waals surface area contributed by atoms with Crippen LogP contribution in [0.4, 0.5) is 5.82 Å². The number of nitrogens with zero attached hydrogens (tertiary/aromatic N) is 2. The summed E-state index contributed by atoms with van der Waals surface area (Å²) in [7, 11) is 1.24. The quantitative estimate of drug-likeness (QED) is 0.445. The number of benzene rings is 2. The van der Waals surface area contributed by atoms with Crippen LogP contribution in [-0.4, -0.2) is 27.5 Å². The van der Waals surface area contributed by atoms with Crippen LogP contribution < -0.4 is 17.0 Å². The highest BCUT2D eigenvalue weighted by atomic mass is 35.5. The lowest BCUT2D eigenvalue weighted by Crippen LogP contribution is -2.43. The van der Waals surface area contributed by atoms with Gasteiger partial charge in [0.2, 0.25) is 5.78 Å². The van der Waals surface area contributed by atoms with Gasteiger partial charge < -0.3 is 10.5 Å². The van der Waals surface area contributed by atoms with Crippen LogP contribution >= 0.6 is 23.2 Å². The van der Waals surface area contributed by atoms with Gasteiger partial charge in [-0.05, 0) is 23.8 Å². The molecule has 0 aliphatic rings. The minimum absolute atomic E-state index is 0.0585. The summed E-state index contributed by atoms with van der Waals surface area (Å²) < 4.78 is 6.90. The number of carbonyl (C=O) groups is 2. The number of ketones is 1. The second kappa shape index (κ2) is 9.20. The molecule has 0 fully saturated rings. The zero-order chi connectivity index (χ0) is 22.7. The standard InChI is InChI=1S/C21H17Cl2N3O5/c1-25-19(28)17(18(24)26(21(25)30)10-12-5-3-2-4-6-12)16(27)11-31-20(29)13-7-8-14(22)15(23)9-13/h2-9H,10-11,24H2,1H3. The van der Waals surface area contributed by atoms with Gasteiger partial charge in [0.15, 0.2) is 6.61 Å². The van der Waals surface area contributed by atoms with E-state index < -0.39 is 35.2 Å². The second-order valence-electron chi connectivity index (χ2n) is 6.61. The van der Waals surface area contributed by atoms with Crippen molar-refractivity contribution in [3.05, 3.63) is 96.1 Å². The summed E-state index contributed by atoms with van der Waals surface area (Å²) >= 11 is 11.7. The fourth-order valence-electron chi connectivity index (χ4n) is 2.87. The fourth-order valence-corrected chi connectivity index (χ4v) is 3.17. The Morgan fingerprint density at radius 2 is 1.71 bits per heavy atom. The number of nitrogens with two attached hydrogens (primary N) is 1. The average molecular weight is 462 g/mol. The summed E-state index contributed by atoms with van der Waals surface area (Å²) in [5.74, 6) is -1.97. The molecule has 0 aliphatic carbocycles. The van der Waals surface area contributed by atoms with Crippen LogP contribution in [0.25, 0.3) is 0 Å². The molecule has 10 heteroatoms. The molecule has 3 rings (SSSR count). The first-order valence-corrected chi connectivity index (χ1v) is 9.75. The van der Waals surface area contributed by atoms with E-state index in [-0.39, 0.29) is 28.0 Å². The molecule has 2 N–H and O–H groups in total. The van der Waals surface area contributed by atoms with Gasteiger partial charge in [-0.3, -0.25) is 18.7 Å². The SMILES string of the molecule is Cn1c(=O)c(C(=O)COC(=O)c2ccc(Cl)c(Cl)c2)c(N)n(Cc2ccccc2)c1=O. The number of ether oxygens (including phenoxy) is 1. The van der Waals surface area contributed by atoms with E-state index in [4.69, 9.17) is 33.7 Å². The maximum Gasteiger partial charge on any atom is 0.338 e. The van der Waals surface area contributed by atoms with E-state index in [9.17, 15) is 19.2 Å². The van der Waals surface area contributed by atoms with Gasteiger partial charge in [-0.25, -0.2) is 9.59 Å². The maximum absolute atomic E-state index is 12.7. The van der Waals surface area contributed by atoms with E-state index in [2.05, 4.69) is 0 Å². The number of carbonyl (C=O) groups excluding carboxylic acids is 2. The molecular weight excluding hydrogens is 445 g/mol. The summed E-state index contributed by atoms with van der Waals surface area (Å²) in [6.07, 6.45) is 0. The topological polar surface area (TPSA) is 113 Å². The molecule has 160 valence electrons. The molecule has 0 radical (unpaired) electrons. The molecule has 31 heavy (non-hydrogen) atoms. The van der Waals surface area contributed by atoms with Crippen LogP contribution in [0.15, 0.2) is 58.1 Å². The highest BCUT2D eigenvalue weighted by Crippen LogP contribution is 2.23. The predicted molar refractivity (Wildman–Crippen MR) is 117 cm³/mol. The Balaban J connectivity index is 1.88. The largest absolute Gasteiger partial charge is 0.454 e. The smallest absolute Gasteiger partial charge is 0.338 e. The zero-order valence-electron chi connectivity index (χ0n) is 16.3. The normalized spacial score (nSPS) is 10.7. The summed E-state index contributed by atoms with van der Waals surface area (Å²) in [5, 5.41) is 0.403. The van der Waals surface area contributed by atoms with E-state index in [0.717, 1.165) is 14.7 Å². The Hall–Kier alpha value is -3.36. The van der Waals surface area contributed by atoms with Gasteiger partial charge in [0, 0.05) is 7.05 Å². The predicted octanol–water partition coefficient (Wildman–Crippen LogP) is 2.52. The number of rotatable bonds is 6. The van der Waals surface area contributed by atoms with Crippen molar-refractivity contribution in [2.45, 2.75) is 6.54 Å². The molecule has 0 saturated carbocycles. The summed E-state index contributed by atoms with van der Waals surface area (Å²) in [6, 6.07) is 13.0. The minimum atomic E-state index is -0.873. The van der Waals surface area contributed by atoms with Crippen LogP contribution in [0.1, 0.15) is 26.3 Å². The molecule has 0 atom stereocenters. The zero-order valence-corrected chi connectivity index (χ0v) is 17.8. The number of Topliss-reactive ketones (excluding diaryl/α,β-unsaturated/α-hetero) is 1. The van der Waals surface area contributed by atoms with Gasteiger partial charge in [0.1, 0.15) is 11.4 Å². The molecule has 1 aromatic heterocycles. The van der Waals surface area contributed by atoms with Crippen molar-refractivity contribution in [3.8, 4) is 0 Å². The number of esters is 1. The molecule has 0 bridgehead atoms. The van der Waals surface area contributed by atoms with Gasteiger partial charge in [0.05, 0.1) is 22.2 Å². The van der Waals surface area contributed by atoms with E-state index in [1.807, 2.05) is 6.07 Å². The van der Waals surface area contributed by atoms with Gasteiger partial charge in [-0.1, -0.05) is 53.5 Å². The van der Waals surface area contributed by atoms with Crippen LogP contribution in [0.2, 0.25) is 10.0 Å². The molecular formula is C21H17Cl2N3O5. The number of halogens is 2. The lowest BCUT2D eigenvalue weighted by molar-refractivity contribution is 0.0474. The second-order valence-corrected chi connectivity index (χ2v) is 7.42. The van der Waals surface area contributed by atoms with Crippen molar-refractivity contribution in [1.82, 2.24) is 9.13 Å². The van der Waals surface area contributed by atoms with E-state index >= 15 is 0 Å². The minimum Gasteiger partial charge on any atom is -0.454 e. The van der Waals surface area contributed by atoms with Crippen molar-refractivity contribution >= 4 is 40.8 Å². The third-order valence-corrected chi connectivity index (χ3v) is 5.27. The molecule has 0 unspecified atom stereocenters. The van der Waals surface area contributed by atoms with Crippen molar-refractivity contribution < 1.29 is 14.3 Å². The van der Waals surface area contributed by atoms with E-state index in [1.54, 1.807) is 24.3 Å². The Labute approximate surface area is 186 Å². The molecule has 0 saturated heterocycles. The number of aromatic nitrogens is 2. The highest BCUT2D eigenvalue weighted by molar-refractivity contribution is 6.42. The first kappa shape index (κ1) is 22.3. The molecule has 0 spiro atoms. The van der Waals surface area contributed by atoms with Crippen molar-refractivity contribution in [3.63, 3.8) is 0 Å². The lowest BCUT2D eigenvalue weighted by Gasteiger charge is -2.14. The van der Waals surface area contributed by atoms with Crippen LogP contribution in [0.5, 0.6) is 0 Å². The first-order valence-electron chi connectivity index (χ1n) is 8.99. The monoisotopic (exact) mass is 461 g/mol. The third-order valence-electron chi connectivity index (χ3n) is 4.54. The molecule has 0 aliphatic heterocycles. The molecule has 1 heterocycles. The highest BCUT2D eigenvalue weighted by Gasteiger charge is 2.23. The van der Waals surface area contributed by atoms with Crippen LogP contribution in [0.3, 0.4) is 0 Å². The molecule has 8 nitrogen and oxygen atoms in total. The molecule has 3 aromatic rings. The van der Waals surface area contributed by atoms with Gasteiger partial charge in [0.25, 0.3) is 5.56 Å². The summed E-state index contributed by atoms with van der Waals surface area (Å²) in [6.45, 7) is -0.689. The Morgan fingerprint density at radius 3 is 2.35 bits per heavy atom. The Kier molecular flexibility index (Phi) is 6.62. The maximum atomic E-state index is 12.7. The number of hydrogen-bond donors (Lipinski definition) is 1. The Morgan fingerprint density at radius 1 is 1.03 bits per heavy atom. The van der Waals surface area contributed by atoms with E-state index in [1.165, 1.54) is 25.2 Å². The number of nitrogen functional groups attached to an aromatic ring is 1. The first-order chi connectivity index (χ1) is 14.7. The summed E-state index contributed by atoms with van der Waals surface area (Å²) in [4.78, 5) is 49.9.